The minimum Gasteiger partial charge on any atom is -0.475 e. The first kappa shape index (κ1) is 16.0. The predicted molar refractivity (Wildman–Crippen MR) is 72.6 cm³/mol. The fourth-order valence-electron chi connectivity index (χ4n) is 2.25. The van der Waals surface area contributed by atoms with E-state index in [0.717, 1.165) is 12.1 Å². The SMILES string of the molecule is O=C(O)c1ccc(S(=O)(=O)N2CCCN(CCO)CC2)o1. The number of aromatic carboxylic acids is 1. The third kappa shape index (κ3) is 3.62. The molecule has 1 aliphatic rings. The summed E-state index contributed by atoms with van der Waals surface area (Å²) in [6.45, 7) is 2.40. The van der Waals surface area contributed by atoms with Gasteiger partial charge in [-0.3, -0.25) is 4.90 Å². The molecule has 0 aromatic carbocycles. The van der Waals surface area contributed by atoms with E-state index in [1.807, 2.05) is 4.90 Å². The number of sulfonamides is 1. The lowest BCUT2D eigenvalue weighted by Gasteiger charge is -2.20. The monoisotopic (exact) mass is 318 g/mol. The van der Waals surface area contributed by atoms with Crippen molar-refractivity contribution in [2.75, 3.05) is 39.3 Å². The maximum Gasteiger partial charge on any atom is 0.371 e. The summed E-state index contributed by atoms with van der Waals surface area (Å²) in [6.07, 6.45) is 0.645. The number of aliphatic hydroxyl groups is 1. The normalized spacial score (nSPS) is 18.5. The molecule has 1 fully saturated rings. The highest BCUT2D eigenvalue weighted by atomic mass is 32.2. The molecule has 2 heterocycles. The Morgan fingerprint density at radius 3 is 2.62 bits per heavy atom. The van der Waals surface area contributed by atoms with Crippen molar-refractivity contribution in [3.63, 3.8) is 0 Å². The van der Waals surface area contributed by atoms with Crippen LogP contribution < -0.4 is 0 Å². The molecule has 0 aliphatic carbocycles. The van der Waals surface area contributed by atoms with Gasteiger partial charge in [0, 0.05) is 26.2 Å². The number of aliphatic hydroxyl groups excluding tert-OH is 1. The molecule has 0 bridgehead atoms. The number of β-amino-alcohol motifs (C(OH)–C–C–N with tert-alkyl or cyclic N) is 1. The van der Waals surface area contributed by atoms with Crippen LogP contribution in [0.15, 0.2) is 21.6 Å². The Morgan fingerprint density at radius 1 is 1.24 bits per heavy atom. The number of hydrogen-bond donors (Lipinski definition) is 2. The Balaban J connectivity index is 2.13. The van der Waals surface area contributed by atoms with E-state index in [4.69, 9.17) is 14.6 Å². The quantitative estimate of drug-likeness (QED) is 0.764. The van der Waals surface area contributed by atoms with Crippen LogP contribution in [0.3, 0.4) is 0 Å². The lowest BCUT2D eigenvalue weighted by molar-refractivity contribution is 0.0656. The summed E-state index contributed by atoms with van der Waals surface area (Å²) in [6, 6.07) is 2.29. The van der Waals surface area contributed by atoms with Crippen molar-refractivity contribution < 1.29 is 27.8 Å². The molecule has 118 valence electrons. The van der Waals surface area contributed by atoms with E-state index in [1.54, 1.807) is 0 Å². The molecule has 1 aromatic heterocycles. The largest absolute Gasteiger partial charge is 0.475 e. The third-order valence-electron chi connectivity index (χ3n) is 3.35. The van der Waals surface area contributed by atoms with Gasteiger partial charge in [-0.25, -0.2) is 13.2 Å². The molecule has 0 spiro atoms. The van der Waals surface area contributed by atoms with Crippen molar-refractivity contribution in [2.45, 2.75) is 11.5 Å². The van der Waals surface area contributed by atoms with Crippen LogP contribution in [0.1, 0.15) is 17.0 Å². The molecule has 21 heavy (non-hydrogen) atoms. The highest BCUT2D eigenvalue weighted by Crippen LogP contribution is 2.20. The number of carboxylic acid groups (broad SMARTS) is 1. The summed E-state index contributed by atoms with van der Waals surface area (Å²) in [5, 5.41) is 17.4. The molecular formula is C12H18N2O6S. The molecule has 8 nitrogen and oxygen atoms in total. The molecule has 0 atom stereocenters. The standard InChI is InChI=1S/C12H18N2O6S/c15-9-8-13-4-1-5-14(7-6-13)21(18,19)11-3-2-10(20-11)12(16)17/h2-3,15H,1,4-9H2,(H,16,17). The van der Waals surface area contributed by atoms with Crippen molar-refractivity contribution >= 4 is 16.0 Å². The molecular weight excluding hydrogens is 300 g/mol. The van der Waals surface area contributed by atoms with Gasteiger partial charge in [-0.15, -0.1) is 0 Å². The van der Waals surface area contributed by atoms with E-state index in [0.29, 0.717) is 32.6 Å². The Kier molecular flexibility index (Phi) is 4.99. The van der Waals surface area contributed by atoms with Crippen LogP contribution in [0.5, 0.6) is 0 Å². The highest BCUT2D eigenvalue weighted by molar-refractivity contribution is 7.89. The third-order valence-corrected chi connectivity index (χ3v) is 5.12. The summed E-state index contributed by atoms with van der Waals surface area (Å²) in [5.41, 5.74) is 0. The van der Waals surface area contributed by atoms with Gasteiger partial charge in [0.1, 0.15) is 0 Å². The summed E-state index contributed by atoms with van der Waals surface area (Å²) in [4.78, 5) is 12.7. The lowest BCUT2D eigenvalue weighted by atomic mass is 10.4. The second kappa shape index (κ2) is 6.56. The van der Waals surface area contributed by atoms with E-state index in [2.05, 4.69) is 0 Å². The second-order valence-electron chi connectivity index (χ2n) is 4.75. The molecule has 1 saturated heterocycles. The first-order valence-corrected chi connectivity index (χ1v) is 8.05. The molecule has 2 N–H and O–H groups in total. The highest BCUT2D eigenvalue weighted by Gasteiger charge is 2.30. The zero-order valence-electron chi connectivity index (χ0n) is 11.4. The average molecular weight is 318 g/mol. The van der Waals surface area contributed by atoms with Gasteiger partial charge in [0.15, 0.2) is 0 Å². The number of rotatable bonds is 5. The Hall–Kier alpha value is -1.42. The molecule has 0 radical (unpaired) electrons. The summed E-state index contributed by atoms with van der Waals surface area (Å²) >= 11 is 0. The zero-order valence-corrected chi connectivity index (χ0v) is 12.3. The van der Waals surface area contributed by atoms with Gasteiger partial charge < -0.3 is 14.6 Å². The molecule has 2 rings (SSSR count). The van der Waals surface area contributed by atoms with Gasteiger partial charge in [-0.1, -0.05) is 0 Å². The van der Waals surface area contributed by atoms with Crippen molar-refractivity contribution in [1.82, 2.24) is 9.21 Å². The predicted octanol–water partition coefficient (Wildman–Crippen LogP) is -0.333. The van der Waals surface area contributed by atoms with Crippen molar-refractivity contribution in [1.29, 1.82) is 0 Å². The summed E-state index contributed by atoms with van der Waals surface area (Å²) in [7, 11) is -3.82. The zero-order chi connectivity index (χ0) is 15.5. The van der Waals surface area contributed by atoms with E-state index >= 15 is 0 Å². The minimum absolute atomic E-state index is 0.0346. The number of furan rings is 1. The van der Waals surface area contributed by atoms with Crippen LogP contribution in [0.4, 0.5) is 0 Å². The van der Waals surface area contributed by atoms with Gasteiger partial charge in [0.2, 0.25) is 10.9 Å². The molecule has 0 saturated carbocycles. The number of carboxylic acids is 1. The van der Waals surface area contributed by atoms with Crippen LogP contribution in [0.25, 0.3) is 0 Å². The Morgan fingerprint density at radius 2 is 2.00 bits per heavy atom. The van der Waals surface area contributed by atoms with Crippen LogP contribution in [0, 0.1) is 0 Å². The smallest absolute Gasteiger partial charge is 0.371 e. The summed E-state index contributed by atoms with van der Waals surface area (Å²) in [5.74, 6) is -1.70. The fourth-order valence-corrected chi connectivity index (χ4v) is 3.63. The second-order valence-corrected chi connectivity index (χ2v) is 6.62. The van der Waals surface area contributed by atoms with Crippen LogP contribution in [0.2, 0.25) is 0 Å². The van der Waals surface area contributed by atoms with E-state index in [-0.39, 0.29) is 18.2 Å². The molecule has 1 aromatic rings. The molecule has 1 aliphatic heterocycles. The average Bonchev–Trinajstić information content (AvgIpc) is 2.82. The lowest BCUT2D eigenvalue weighted by Crippen LogP contribution is -2.35. The number of hydrogen-bond acceptors (Lipinski definition) is 6. The first-order chi connectivity index (χ1) is 9.95. The summed E-state index contributed by atoms with van der Waals surface area (Å²) < 4.78 is 31.0. The molecule has 0 amide bonds. The van der Waals surface area contributed by atoms with Crippen molar-refractivity contribution in [3.8, 4) is 0 Å². The minimum atomic E-state index is -3.82. The Labute approximate surface area is 122 Å². The first-order valence-electron chi connectivity index (χ1n) is 6.61. The van der Waals surface area contributed by atoms with Gasteiger partial charge >= 0.3 is 5.97 Å². The maximum atomic E-state index is 12.4. The molecule has 0 unspecified atom stereocenters. The maximum absolute atomic E-state index is 12.4. The van der Waals surface area contributed by atoms with E-state index in [9.17, 15) is 13.2 Å². The van der Waals surface area contributed by atoms with Crippen LogP contribution in [-0.4, -0.2) is 73.1 Å². The van der Waals surface area contributed by atoms with E-state index in [1.165, 1.54) is 4.31 Å². The van der Waals surface area contributed by atoms with Gasteiger partial charge in [0.25, 0.3) is 10.0 Å². The van der Waals surface area contributed by atoms with Gasteiger partial charge in [-0.2, -0.15) is 4.31 Å². The van der Waals surface area contributed by atoms with Crippen LogP contribution >= 0.6 is 0 Å². The topological polar surface area (TPSA) is 111 Å². The van der Waals surface area contributed by atoms with Gasteiger partial charge in [0.05, 0.1) is 6.61 Å². The van der Waals surface area contributed by atoms with Crippen molar-refractivity contribution in [3.05, 3.63) is 17.9 Å². The van der Waals surface area contributed by atoms with Crippen LogP contribution in [-0.2, 0) is 10.0 Å². The van der Waals surface area contributed by atoms with Crippen molar-refractivity contribution in [2.24, 2.45) is 0 Å². The van der Waals surface area contributed by atoms with E-state index < -0.39 is 21.8 Å². The molecule has 9 heteroatoms. The number of carbonyl (C=O) groups is 1. The Bertz CT molecular complexity index is 597. The fraction of sp³-hybridized carbons (Fsp3) is 0.583. The number of nitrogens with zero attached hydrogens (tertiary/aromatic N) is 2. The van der Waals surface area contributed by atoms with Gasteiger partial charge in [-0.05, 0) is 25.1 Å².